The van der Waals surface area contributed by atoms with Gasteiger partial charge < -0.3 is 15.3 Å². The molecule has 5 nitrogen and oxygen atoms in total. The summed E-state index contributed by atoms with van der Waals surface area (Å²) in [5, 5.41) is 10.7. The number of amides is 2. The Labute approximate surface area is 84.1 Å². The van der Waals surface area contributed by atoms with Crippen LogP contribution in [0.25, 0.3) is 0 Å². The van der Waals surface area contributed by atoms with Crippen molar-refractivity contribution in [1.29, 1.82) is 0 Å². The summed E-state index contributed by atoms with van der Waals surface area (Å²) >= 11 is 0. The largest absolute Gasteiger partial charge is 0.480 e. The van der Waals surface area contributed by atoms with E-state index in [9.17, 15) is 9.59 Å². The topological polar surface area (TPSA) is 69.6 Å². The molecule has 82 valence electrons. The Bertz CT molecular complexity index is 204. The summed E-state index contributed by atoms with van der Waals surface area (Å²) in [6.07, 6.45) is 0. The predicted molar refractivity (Wildman–Crippen MR) is 53.1 cm³/mol. The third-order valence-corrected chi connectivity index (χ3v) is 1.65. The maximum Gasteiger partial charge on any atom is 0.323 e. The van der Waals surface area contributed by atoms with Crippen LogP contribution in [0.2, 0.25) is 0 Å². The Morgan fingerprint density at radius 3 is 2.36 bits per heavy atom. The molecule has 0 saturated heterocycles. The minimum absolute atomic E-state index is 0.316. The first-order valence-electron chi connectivity index (χ1n) is 4.72. The quantitative estimate of drug-likeness (QED) is 0.691. The van der Waals surface area contributed by atoms with Crippen LogP contribution >= 0.6 is 0 Å². The molecule has 0 aliphatic rings. The van der Waals surface area contributed by atoms with Crippen LogP contribution in [0.5, 0.6) is 0 Å². The van der Waals surface area contributed by atoms with Crippen LogP contribution in [-0.4, -0.2) is 41.6 Å². The number of carboxylic acid groups (broad SMARTS) is 1. The molecule has 2 amide bonds. The fourth-order valence-electron chi connectivity index (χ4n) is 1.06. The summed E-state index contributed by atoms with van der Waals surface area (Å²) in [5.41, 5.74) is 0. The van der Waals surface area contributed by atoms with Gasteiger partial charge in [-0.3, -0.25) is 4.79 Å². The van der Waals surface area contributed by atoms with E-state index in [1.807, 2.05) is 20.8 Å². The number of carbonyl (C=O) groups excluding carboxylic acids is 1. The molecule has 0 aromatic rings. The molecule has 0 fully saturated rings. The van der Waals surface area contributed by atoms with Crippen LogP contribution < -0.4 is 5.32 Å². The van der Waals surface area contributed by atoms with Crippen LogP contribution in [0.4, 0.5) is 4.79 Å². The normalized spacial score (nSPS) is 10.0. The van der Waals surface area contributed by atoms with Gasteiger partial charge in [0.1, 0.15) is 6.54 Å². The molecular formula is C9H18N2O3. The van der Waals surface area contributed by atoms with E-state index in [0.29, 0.717) is 19.0 Å². The fraction of sp³-hybridized carbons (Fsp3) is 0.778. The molecule has 5 heteroatoms. The standard InChI is InChI=1S/C9H18N2O3/c1-4-11(6-7(2)3)9(14)10-5-8(12)13/h7H,4-6H2,1-3H3,(H,10,14)(H,12,13). The van der Waals surface area contributed by atoms with Crippen molar-refractivity contribution in [2.24, 2.45) is 5.92 Å². The molecule has 2 N–H and O–H groups in total. The van der Waals surface area contributed by atoms with Gasteiger partial charge in [0, 0.05) is 13.1 Å². The van der Waals surface area contributed by atoms with Gasteiger partial charge in [-0.05, 0) is 12.8 Å². The van der Waals surface area contributed by atoms with Crippen molar-refractivity contribution < 1.29 is 14.7 Å². The molecule has 0 rings (SSSR count). The number of carboxylic acids is 1. The second-order valence-corrected chi connectivity index (χ2v) is 3.48. The van der Waals surface area contributed by atoms with E-state index in [-0.39, 0.29) is 12.6 Å². The van der Waals surface area contributed by atoms with Gasteiger partial charge in [-0.25, -0.2) is 4.79 Å². The van der Waals surface area contributed by atoms with E-state index in [4.69, 9.17) is 5.11 Å². The molecule has 0 spiro atoms. The Morgan fingerprint density at radius 1 is 1.43 bits per heavy atom. The molecule has 0 atom stereocenters. The summed E-state index contributed by atoms with van der Waals surface area (Å²) in [6, 6.07) is -0.316. The van der Waals surface area contributed by atoms with E-state index in [0.717, 1.165) is 0 Å². The number of hydrogen-bond donors (Lipinski definition) is 2. The Balaban J connectivity index is 3.97. The zero-order valence-corrected chi connectivity index (χ0v) is 8.91. The molecule has 0 heterocycles. The second kappa shape index (κ2) is 6.23. The first-order chi connectivity index (χ1) is 6.47. The highest BCUT2D eigenvalue weighted by Gasteiger charge is 2.12. The average molecular weight is 202 g/mol. The highest BCUT2D eigenvalue weighted by atomic mass is 16.4. The lowest BCUT2D eigenvalue weighted by Gasteiger charge is -2.22. The summed E-state index contributed by atoms with van der Waals surface area (Å²) in [7, 11) is 0. The molecule has 0 radical (unpaired) electrons. The lowest BCUT2D eigenvalue weighted by atomic mass is 10.2. The molecular weight excluding hydrogens is 184 g/mol. The number of aliphatic carboxylic acids is 1. The molecule has 14 heavy (non-hydrogen) atoms. The fourth-order valence-corrected chi connectivity index (χ4v) is 1.06. The highest BCUT2D eigenvalue weighted by molar-refractivity contribution is 5.79. The van der Waals surface area contributed by atoms with Crippen molar-refractivity contribution in [2.75, 3.05) is 19.6 Å². The molecule has 0 unspecified atom stereocenters. The SMILES string of the molecule is CCN(CC(C)C)C(=O)NCC(=O)O. The Morgan fingerprint density at radius 2 is 2.00 bits per heavy atom. The summed E-state index contributed by atoms with van der Waals surface area (Å²) in [5.74, 6) is -0.649. The van der Waals surface area contributed by atoms with Crippen LogP contribution in [0.1, 0.15) is 20.8 Å². The lowest BCUT2D eigenvalue weighted by Crippen LogP contribution is -2.43. The Hall–Kier alpha value is -1.26. The molecule has 0 aromatic heterocycles. The summed E-state index contributed by atoms with van der Waals surface area (Å²) in [4.78, 5) is 23.2. The van der Waals surface area contributed by atoms with E-state index >= 15 is 0 Å². The van der Waals surface area contributed by atoms with Crippen LogP contribution in [-0.2, 0) is 4.79 Å². The van der Waals surface area contributed by atoms with Gasteiger partial charge in [0.05, 0.1) is 0 Å². The molecule has 0 saturated carbocycles. The molecule has 0 aromatic carbocycles. The van der Waals surface area contributed by atoms with E-state index < -0.39 is 5.97 Å². The van der Waals surface area contributed by atoms with Gasteiger partial charge in [0.2, 0.25) is 0 Å². The first kappa shape index (κ1) is 12.7. The zero-order valence-electron chi connectivity index (χ0n) is 8.91. The van der Waals surface area contributed by atoms with Gasteiger partial charge >= 0.3 is 12.0 Å². The van der Waals surface area contributed by atoms with E-state index in [1.54, 1.807) is 4.90 Å². The van der Waals surface area contributed by atoms with Gasteiger partial charge in [-0.15, -0.1) is 0 Å². The number of rotatable bonds is 5. The van der Waals surface area contributed by atoms with Crippen molar-refractivity contribution >= 4 is 12.0 Å². The van der Waals surface area contributed by atoms with Crippen molar-refractivity contribution in [2.45, 2.75) is 20.8 Å². The van der Waals surface area contributed by atoms with Gasteiger partial charge in [0.25, 0.3) is 0 Å². The molecule has 0 aliphatic heterocycles. The number of nitrogens with one attached hydrogen (secondary N) is 1. The van der Waals surface area contributed by atoms with Gasteiger partial charge in [0.15, 0.2) is 0 Å². The number of urea groups is 1. The number of carbonyl (C=O) groups is 2. The second-order valence-electron chi connectivity index (χ2n) is 3.48. The summed E-state index contributed by atoms with van der Waals surface area (Å²) < 4.78 is 0. The van der Waals surface area contributed by atoms with E-state index in [1.165, 1.54) is 0 Å². The maximum atomic E-state index is 11.4. The average Bonchev–Trinajstić information content (AvgIpc) is 2.09. The predicted octanol–water partition coefficient (Wildman–Crippen LogP) is 0.758. The van der Waals surface area contributed by atoms with Gasteiger partial charge in [-0.2, -0.15) is 0 Å². The van der Waals surface area contributed by atoms with Crippen LogP contribution in [0.3, 0.4) is 0 Å². The number of hydrogen-bond acceptors (Lipinski definition) is 2. The third-order valence-electron chi connectivity index (χ3n) is 1.65. The number of nitrogens with zero attached hydrogens (tertiary/aromatic N) is 1. The zero-order chi connectivity index (χ0) is 11.1. The van der Waals surface area contributed by atoms with Crippen molar-refractivity contribution in [3.05, 3.63) is 0 Å². The third kappa shape index (κ3) is 5.40. The minimum Gasteiger partial charge on any atom is -0.480 e. The lowest BCUT2D eigenvalue weighted by molar-refractivity contribution is -0.135. The van der Waals surface area contributed by atoms with Crippen molar-refractivity contribution in [1.82, 2.24) is 10.2 Å². The molecule has 0 bridgehead atoms. The van der Waals surface area contributed by atoms with E-state index in [2.05, 4.69) is 5.32 Å². The monoisotopic (exact) mass is 202 g/mol. The van der Waals surface area contributed by atoms with Crippen LogP contribution in [0, 0.1) is 5.92 Å². The van der Waals surface area contributed by atoms with Crippen molar-refractivity contribution in [3.63, 3.8) is 0 Å². The highest BCUT2D eigenvalue weighted by Crippen LogP contribution is 1.98. The minimum atomic E-state index is -1.03. The Kier molecular flexibility index (Phi) is 5.67. The van der Waals surface area contributed by atoms with Gasteiger partial charge in [-0.1, -0.05) is 13.8 Å². The molecule has 0 aliphatic carbocycles. The maximum absolute atomic E-state index is 11.4. The van der Waals surface area contributed by atoms with Crippen molar-refractivity contribution in [3.8, 4) is 0 Å². The summed E-state index contributed by atoms with van der Waals surface area (Å²) in [6.45, 7) is 6.78. The smallest absolute Gasteiger partial charge is 0.323 e. The first-order valence-corrected chi connectivity index (χ1v) is 4.72. The van der Waals surface area contributed by atoms with Crippen LogP contribution in [0.15, 0.2) is 0 Å².